The maximum absolute atomic E-state index is 11.4. The van der Waals surface area contributed by atoms with E-state index < -0.39 is 12.2 Å². The van der Waals surface area contributed by atoms with E-state index in [9.17, 15) is 15.3 Å². The van der Waals surface area contributed by atoms with Gasteiger partial charge < -0.3 is 15.3 Å². The standard InChI is InChI=1S/C29H50O3/c1-7-19(16(2)3)26(32)25(31)17(4)21-8-9-22-20-14-24(30)29-15-18(29)10-13-28(29,6)23(20)11-12-27(21,22)5/h16-26,30-32H,7-15H2,1-6H3/t17-,18+,19-,20-,21+,22-,23-,24+,25-,26-,27+,28+,29-/m0/s1. The Hall–Kier alpha value is -0.120. The summed E-state index contributed by atoms with van der Waals surface area (Å²) in [7, 11) is 0. The van der Waals surface area contributed by atoms with Gasteiger partial charge in [0, 0.05) is 5.41 Å². The summed E-state index contributed by atoms with van der Waals surface area (Å²) in [5.41, 5.74) is 0.856. The Kier molecular flexibility index (Phi) is 5.67. The van der Waals surface area contributed by atoms with Crippen LogP contribution in [0.3, 0.4) is 0 Å². The third-order valence-corrected chi connectivity index (χ3v) is 12.9. The molecule has 3 heteroatoms. The minimum Gasteiger partial charge on any atom is -0.393 e. The van der Waals surface area contributed by atoms with E-state index in [2.05, 4.69) is 41.5 Å². The van der Waals surface area contributed by atoms with Crippen molar-refractivity contribution in [2.45, 2.75) is 118 Å². The van der Waals surface area contributed by atoms with Crippen LogP contribution in [0.15, 0.2) is 0 Å². The first kappa shape index (κ1) is 23.6. The first-order valence-electron chi connectivity index (χ1n) is 14.1. The lowest BCUT2D eigenvalue weighted by molar-refractivity contribution is -0.157. The summed E-state index contributed by atoms with van der Waals surface area (Å²) in [6.45, 7) is 13.7. The molecule has 3 N–H and O–H groups in total. The fourth-order valence-electron chi connectivity index (χ4n) is 11.1. The van der Waals surface area contributed by atoms with Gasteiger partial charge in [0.25, 0.3) is 0 Å². The van der Waals surface area contributed by atoms with Gasteiger partial charge >= 0.3 is 0 Å². The van der Waals surface area contributed by atoms with Crippen molar-refractivity contribution >= 4 is 0 Å². The fraction of sp³-hybridized carbons (Fsp3) is 1.00. The molecule has 0 bridgehead atoms. The Morgan fingerprint density at radius 2 is 1.62 bits per heavy atom. The quantitative estimate of drug-likeness (QED) is 0.494. The van der Waals surface area contributed by atoms with E-state index in [1.807, 2.05) is 0 Å². The third-order valence-electron chi connectivity index (χ3n) is 12.9. The SMILES string of the molecule is CC[C@@H](C(C)C)[C@H](O)[C@@H](O)[C@@H](C)[C@H]1CC[C@H]2[C@@H]3C[C@@H](O)[C@]45C[C@H]4CC[C@]5(C)[C@H]3CC[C@]12C. The van der Waals surface area contributed by atoms with E-state index in [0.717, 1.165) is 24.7 Å². The second-order valence-electron chi connectivity index (χ2n) is 13.9. The van der Waals surface area contributed by atoms with E-state index in [1.165, 1.54) is 44.9 Å². The van der Waals surface area contributed by atoms with Gasteiger partial charge in [-0.3, -0.25) is 0 Å². The van der Waals surface area contributed by atoms with E-state index >= 15 is 0 Å². The molecule has 5 aliphatic rings. The molecule has 0 amide bonds. The lowest BCUT2D eigenvalue weighted by Gasteiger charge is -2.60. The summed E-state index contributed by atoms with van der Waals surface area (Å²) in [4.78, 5) is 0. The summed E-state index contributed by atoms with van der Waals surface area (Å²) < 4.78 is 0. The van der Waals surface area contributed by atoms with Crippen molar-refractivity contribution in [2.75, 3.05) is 0 Å². The summed E-state index contributed by atoms with van der Waals surface area (Å²) in [6, 6.07) is 0. The van der Waals surface area contributed by atoms with Crippen LogP contribution < -0.4 is 0 Å². The summed E-state index contributed by atoms with van der Waals surface area (Å²) in [6.07, 6.45) is 9.53. The van der Waals surface area contributed by atoms with Crippen LogP contribution in [0.4, 0.5) is 0 Å². The Morgan fingerprint density at radius 3 is 2.25 bits per heavy atom. The van der Waals surface area contributed by atoms with Gasteiger partial charge in [-0.25, -0.2) is 0 Å². The molecule has 0 radical (unpaired) electrons. The Morgan fingerprint density at radius 1 is 0.906 bits per heavy atom. The molecule has 32 heavy (non-hydrogen) atoms. The predicted molar refractivity (Wildman–Crippen MR) is 129 cm³/mol. The minimum atomic E-state index is -0.638. The van der Waals surface area contributed by atoms with Crippen molar-refractivity contribution in [3.05, 3.63) is 0 Å². The molecular formula is C29H50O3. The maximum atomic E-state index is 11.4. The molecule has 0 heterocycles. The van der Waals surface area contributed by atoms with Gasteiger partial charge in [0.05, 0.1) is 18.3 Å². The van der Waals surface area contributed by atoms with Crippen LogP contribution in [-0.2, 0) is 0 Å². The lowest BCUT2D eigenvalue weighted by atomic mass is 9.45. The van der Waals surface area contributed by atoms with Crippen LogP contribution in [0.5, 0.6) is 0 Å². The molecule has 0 aromatic rings. The van der Waals surface area contributed by atoms with Crippen molar-refractivity contribution in [1.82, 2.24) is 0 Å². The molecule has 0 saturated heterocycles. The summed E-state index contributed by atoms with van der Waals surface area (Å²) in [5.74, 6) is 4.05. The Balaban J connectivity index is 1.36. The van der Waals surface area contributed by atoms with Crippen molar-refractivity contribution in [1.29, 1.82) is 0 Å². The molecule has 5 saturated carbocycles. The highest BCUT2D eigenvalue weighted by Crippen LogP contribution is 2.81. The molecule has 5 fully saturated rings. The van der Waals surface area contributed by atoms with Crippen LogP contribution in [-0.4, -0.2) is 33.6 Å². The van der Waals surface area contributed by atoms with Gasteiger partial charge in [-0.2, -0.15) is 0 Å². The van der Waals surface area contributed by atoms with Crippen molar-refractivity contribution < 1.29 is 15.3 Å². The average molecular weight is 447 g/mol. The molecule has 1 spiro atoms. The monoisotopic (exact) mass is 446 g/mol. The van der Waals surface area contributed by atoms with Crippen LogP contribution in [0.1, 0.15) is 99.3 Å². The smallest absolute Gasteiger partial charge is 0.0832 e. The highest BCUT2D eigenvalue weighted by molar-refractivity contribution is 5.25. The largest absolute Gasteiger partial charge is 0.393 e. The zero-order chi connectivity index (χ0) is 23.2. The predicted octanol–water partition coefficient (Wildman–Crippen LogP) is 5.66. The highest BCUT2D eigenvalue weighted by Gasteiger charge is 2.77. The molecule has 5 aliphatic carbocycles. The van der Waals surface area contributed by atoms with Gasteiger partial charge in [0.1, 0.15) is 0 Å². The topological polar surface area (TPSA) is 60.7 Å². The molecular weight excluding hydrogens is 396 g/mol. The van der Waals surface area contributed by atoms with Crippen molar-refractivity contribution in [3.63, 3.8) is 0 Å². The highest BCUT2D eigenvalue weighted by atomic mass is 16.3. The Bertz CT molecular complexity index is 721. The number of hydrogen-bond donors (Lipinski definition) is 3. The van der Waals surface area contributed by atoms with Gasteiger partial charge in [-0.05, 0) is 110 Å². The third kappa shape index (κ3) is 2.89. The van der Waals surface area contributed by atoms with Gasteiger partial charge in [-0.1, -0.05) is 48.0 Å². The zero-order valence-electron chi connectivity index (χ0n) is 21.6. The van der Waals surface area contributed by atoms with Crippen LogP contribution >= 0.6 is 0 Å². The van der Waals surface area contributed by atoms with Crippen LogP contribution in [0.2, 0.25) is 0 Å². The van der Waals surface area contributed by atoms with Gasteiger partial charge in [-0.15, -0.1) is 0 Å². The molecule has 0 aliphatic heterocycles. The molecule has 184 valence electrons. The molecule has 5 rings (SSSR count). The first-order valence-corrected chi connectivity index (χ1v) is 14.1. The van der Waals surface area contributed by atoms with Crippen LogP contribution in [0, 0.1) is 63.6 Å². The summed E-state index contributed by atoms with van der Waals surface area (Å²) in [5, 5.41) is 33.7. The maximum Gasteiger partial charge on any atom is 0.0832 e. The Labute approximate surface area is 196 Å². The van der Waals surface area contributed by atoms with Crippen molar-refractivity contribution in [2.24, 2.45) is 63.6 Å². The lowest BCUT2D eigenvalue weighted by Crippen LogP contribution is -2.57. The minimum absolute atomic E-state index is 0.0937. The normalized spacial score (nSPS) is 53.1. The first-order chi connectivity index (χ1) is 15.0. The zero-order valence-corrected chi connectivity index (χ0v) is 21.6. The molecule has 3 nitrogen and oxygen atoms in total. The fourth-order valence-corrected chi connectivity index (χ4v) is 11.1. The van der Waals surface area contributed by atoms with E-state index in [1.54, 1.807) is 0 Å². The van der Waals surface area contributed by atoms with E-state index in [4.69, 9.17) is 0 Å². The summed E-state index contributed by atoms with van der Waals surface area (Å²) >= 11 is 0. The molecule has 0 aromatic carbocycles. The average Bonchev–Trinajstić information content (AvgIpc) is 3.27. The number of aliphatic hydroxyl groups excluding tert-OH is 3. The second-order valence-corrected chi connectivity index (χ2v) is 13.9. The van der Waals surface area contributed by atoms with Gasteiger partial charge in [0.2, 0.25) is 0 Å². The number of aliphatic hydroxyl groups is 3. The van der Waals surface area contributed by atoms with Crippen LogP contribution in [0.25, 0.3) is 0 Å². The molecule has 0 aromatic heterocycles. The van der Waals surface area contributed by atoms with E-state index in [0.29, 0.717) is 29.1 Å². The number of rotatable bonds is 6. The van der Waals surface area contributed by atoms with Crippen molar-refractivity contribution in [3.8, 4) is 0 Å². The van der Waals surface area contributed by atoms with E-state index in [-0.39, 0.29) is 28.8 Å². The molecule has 13 atom stereocenters. The number of hydrogen-bond acceptors (Lipinski definition) is 3. The number of fused-ring (bicyclic) bond motifs is 4. The van der Waals surface area contributed by atoms with Gasteiger partial charge in [0.15, 0.2) is 0 Å². The second kappa shape index (κ2) is 7.69. The molecule has 0 unspecified atom stereocenters.